The molecule has 1 aliphatic rings. The molecule has 3 aromatic carbocycles. The summed E-state index contributed by atoms with van der Waals surface area (Å²) in [6.45, 7) is 3.41. The Kier molecular flexibility index (Phi) is 10.2. The molecule has 0 radical (unpaired) electrons. The van der Waals surface area contributed by atoms with Crippen molar-refractivity contribution in [3.05, 3.63) is 83.7 Å². The van der Waals surface area contributed by atoms with E-state index in [2.05, 4.69) is 16.0 Å². The molecule has 0 bridgehead atoms. The summed E-state index contributed by atoms with van der Waals surface area (Å²) in [5.41, 5.74) is -0.204. The number of anilines is 3. The molecule has 4 rings (SSSR count). The van der Waals surface area contributed by atoms with E-state index in [0.29, 0.717) is 5.69 Å². The largest absolute Gasteiger partial charge is 0.485 e. The molecule has 10 nitrogen and oxygen atoms in total. The molecule has 4 N–H and O–H groups in total. The lowest BCUT2D eigenvalue weighted by Gasteiger charge is -2.38. The number of aliphatic hydroxyl groups is 1. The van der Waals surface area contributed by atoms with Crippen LogP contribution in [0.2, 0.25) is 0 Å². The fourth-order valence-corrected chi connectivity index (χ4v) is 4.69. The van der Waals surface area contributed by atoms with Gasteiger partial charge in [-0.15, -0.1) is 0 Å². The molecule has 0 saturated carbocycles. The molecular weight excluding hydrogens is 598 g/mol. The Morgan fingerprint density at radius 1 is 1.02 bits per heavy atom. The van der Waals surface area contributed by atoms with Crippen LogP contribution in [-0.2, 0) is 6.18 Å². The molecule has 1 aliphatic heterocycles. The molecule has 0 spiro atoms. The molecule has 1 heterocycles. The van der Waals surface area contributed by atoms with Gasteiger partial charge >= 0.3 is 18.2 Å². The molecule has 0 unspecified atom stereocenters. The second-order valence-corrected chi connectivity index (χ2v) is 10.8. The van der Waals surface area contributed by atoms with E-state index in [1.165, 1.54) is 59.3 Å². The number of amides is 5. The van der Waals surface area contributed by atoms with Crippen molar-refractivity contribution in [2.24, 2.45) is 5.92 Å². The minimum absolute atomic E-state index is 0.0177. The predicted molar refractivity (Wildman–Crippen MR) is 160 cm³/mol. The Hall–Kier alpha value is -4.85. The zero-order valence-corrected chi connectivity index (χ0v) is 24.7. The fraction of sp³-hybridized carbons (Fsp3) is 0.323. The van der Waals surface area contributed by atoms with E-state index in [1.807, 2.05) is 6.92 Å². The van der Waals surface area contributed by atoms with Gasteiger partial charge in [0, 0.05) is 30.9 Å². The van der Waals surface area contributed by atoms with Crippen molar-refractivity contribution < 1.29 is 41.8 Å². The Morgan fingerprint density at radius 3 is 2.27 bits per heavy atom. The van der Waals surface area contributed by atoms with E-state index < -0.39 is 47.7 Å². The molecule has 45 heavy (non-hydrogen) atoms. The maximum atomic E-state index is 13.7. The molecule has 0 aliphatic carbocycles. The highest BCUT2D eigenvalue weighted by Gasteiger charge is 2.35. The van der Waals surface area contributed by atoms with Crippen molar-refractivity contribution in [3.63, 3.8) is 0 Å². The quantitative estimate of drug-likeness (QED) is 0.243. The van der Waals surface area contributed by atoms with Gasteiger partial charge in [0.1, 0.15) is 11.9 Å². The van der Waals surface area contributed by atoms with Gasteiger partial charge in [-0.05, 0) is 67.6 Å². The van der Waals surface area contributed by atoms with Crippen molar-refractivity contribution in [3.8, 4) is 5.75 Å². The third-order valence-corrected chi connectivity index (χ3v) is 7.31. The van der Waals surface area contributed by atoms with Crippen LogP contribution < -0.4 is 20.7 Å². The van der Waals surface area contributed by atoms with Crippen molar-refractivity contribution in [2.75, 3.05) is 42.7 Å². The topological polar surface area (TPSA) is 123 Å². The molecule has 14 heteroatoms. The average Bonchev–Trinajstić information content (AvgIpc) is 2.99. The number of ether oxygens (including phenoxy) is 1. The van der Waals surface area contributed by atoms with Gasteiger partial charge in [0.15, 0.2) is 5.75 Å². The van der Waals surface area contributed by atoms with E-state index in [0.717, 1.165) is 24.3 Å². The number of aliphatic hydroxyl groups excluding tert-OH is 1. The smallest absolute Gasteiger partial charge is 0.416 e. The van der Waals surface area contributed by atoms with Gasteiger partial charge < -0.3 is 35.6 Å². The standard InChI is InChI=1S/C31H33F4N5O5/c1-18-15-40(19(2)17-41)28(42)24-5-4-6-25(38-29(43)36-22-11-7-20(8-12-22)31(33,34)35)27(24)45-26(18)16-39(3)30(44)37-23-13-9-21(32)10-14-23/h4-14,18-19,26,41H,15-17H2,1-3H3,(H,37,44)(H2,36,38,43)/t18-,19+,26-/m0/s1. The number of alkyl halides is 3. The van der Waals surface area contributed by atoms with E-state index >= 15 is 0 Å². The van der Waals surface area contributed by atoms with Crippen LogP contribution in [0.4, 0.5) is 44.2 Å². The van der Waals surface area contributed by atoms with E-state index in [1.54, 1.807) is 6.92 Å². The van der Waals surface area contributed by atoms with E-state index in [4.69, 9.17) is 4.74 Å². The predicted octanol–water partition coefficient (Wildman–Crippen LogP) is 5.87. The number of benzene rings is 3. The van der Waals surface area contributed by atoms with Crippen LogP contribution in [0.3, 0.4) is 0 Å². The summed E-state index contributed by atoms with van der Waals surface area (Å²) in [5.74, 6) is -1.26. The molecule has 0 saturated heterocycles. The molecule has 0 fully saturated rings. The maximum absolute atomic E-state index is 13.7. The minimum atomic E-state index is -4.53. The number of carbonyl (C=O) groups excluding carboxylic acids is 3. The van der Waals surface area contributed by atoms with Crippen molar-refractivity contribution >= 4 is 35.0 Å². The van der Waals surface area contributed by atoms with Crippen LogP contribution >= 0.6 is 0 Å². The zero-order valence-electron chi connectivity index (χ0n) is 24.7. The summed E-state index contributed by atoms with van der Waals surface area (Å²) >= 11 is 0. The van der Waals surface area contributed by atoms with Gasteiger partial charge in [-0.25, -0.2) is 14.0 Å². The molecule has 3 aromatic rings. The third kappa shape index (κ3) is 8.20. The summed E-state index contributed by atoms with van der Waals surface area (Å²) in [7, 11) is 1.54. The number of nitrogens with one attached hydrogen (secondary N) is 3. The summed E-state index contributed by atoms with van der Waals surface area (Å²) in [6.07, 6.45) is -5.24. The normalized spacial score (nSPS) is 17.2. The highest BCUT2D eigenvalue weighted by atomic mass is 19.4. The maximum Gasteiger partial charge on any atom is 0.416 e. The first-order chi connectivity index (χ1) is 21.3. The lowest BCUT2D eigenvalue weighted by molar-refractivity contribution is -0.137. The van der Waals surface area contributed by atoms with Crippen LogP contribution in [0.25, 0.3) is 0 Å². The monoisotopic (exact) mass is 631 g/mol. The van der Waals surface area contributed by atoms with Gasteiger partial charge in [0.2, 0.25) is 0 Å². The number of para-hydroxylation sites is 1. The Balaban J connectivity index is 1.59. The first kappa shape index (κ1) is 33.1. The third-order valence-electron chi connectivity index (χ3n) is 7.31. The SMILES string of the molecule is C[C@H](CO)N1C[C@H](C)[C@H](CN(C)C(=O)Nc2ccc(F)cc2)Oc2c(NC(=O)Nc3ccc(C(F)(F)F)cc3)cccc2C1=O. The van der Waals surface area contributed by atoms with Crippen molar-refractivity contribution in [1.29, 1.82) is 0 Å². The summed E-state index contributed by atoms with van der Waals surface area (Å²) < 4.78 is 58.4. The van der Waals surface area contributed by atoms with Gasteiger partial charge in [-0.1, -0.05) is 13.0 Å². The van der Waals surface area contributed by atoms with Crippen LogP contribution in [0.5, 0.6) is 5.75 Å². The lowest BCUT2D eigenvalue weighted by Crippen LogP contribution is -2.50. The Morgan fingerprint density at radius 2 is 1.64 bits per heavy atom. The number of hydrogen-bond donors (Lipinski definition) is 4. The van der Waals surface area contributed by atoms with Crippen molar-refractivity contribution in [1.82, 2.24) is 9.80 Å². The number of nitrogens with zero attached hydrogens (tertiary/aromatic N) is 2. The van der Waals surface area contributed by atoms with Gasteiger partial charge in [-0.3, -0.25) is 4.79 Å². The van der Waals surface area contributed by atoms with E-state index in [-0.39, 0.29) is 48.3 Å². The average molecular weight is 632 g/mol. The molecular formula is C31H33F4N5O5. The van der Waals surface area contributed by atoms with Gasteiger partial charge in [-0.2, -0.15) is 13.2 Å². The fourth-order valence-electron chi connectivity index (χ4n) is 4.69. The van der Waals surface area contributed by atoms with Crippen LogP contribution in [0.15, 0.2) is 66.7 Å². The number of urea groups is 2. The molecule has 0 aromatic heterocycles. The first-order valence-electron chi connectivity index (χ1n) is 14.0. The second kappa shape index (κ2) is 13.8. The molecule has 240 valence electrons. The van der Waals surface area contributed by atoms with Crippen molar-refractivity contribution in [2.45, 2.75) is 32.2 Å². The van der Waals surface area contributed by atoms with Crippen LogP contribution in [0, 0.1) is 11.7 Å². The van der Waals surface area contributed by atoms with Gasteiger partial charge in [0.25, 0.3) is 5.91 Å². The first-order valence-corrected chi connectivity index (χ1v) is 14.0. The Bertz CT molecular complexity index is 1520. The summed E-state index contributed by atoms with van der Waals surface area (Å²) in [5, 5.41) is 17.6. The number of carbonyl (C=O) groups is 3. The number of fused-ring (bicyclic) bond motifs is 1. The molecule has 5 amide bonds. The number of likely N-dealkylation sites (N-methyl/N-ethyl adjacent to an activating group) is 1. The lowest BCUT2D eigenvalue weighted by atomic mass is 9.99. The number of rotatable bonds is 7. The number of hydrogen-bond acceptors (Lipinski definition) is 5. The summed E-state index contributed by atoms with van der Waals surface area (Å²) in [4.78, 5) is 42.4. The highest BCUT2D eigenvalue weighted by molar-refractivity contribution is 6.04. The van der Waals surface area contributed by atoms with E-state index in [9.17, 15) is 37.1 Å². The van der Waals surface area contributed by atoms with Crippen LogP contribution in [-0.4, -0.2) is 71.8 Å². The second-order valence-electron chi connectivity index (χ2n) is 10.8. The minimum Gasteiger partial charge on any atom is -0.485 e. The van der Waals surface area contributed by atoms with Gasteiger partial charge in [0.05, 0.1) is 36.0 Å². The summed E-state index contributed by atoms with van der Waals surface area (Å²) in [6, 6.07) is 11.8. The molecule has 3 atom stereocenters. The van der Waals surface area contributed by atoms with Crippen LogP contribution in [0.1, 0.15) is 29.8 Å². The zero-order chi connectivity index (χ0) is 32.9. The highest BCUT2D eigenvalue weighted by Crippen LogP contribution is 2.35. The number of halogens is 4. The Labute approximate surface area is 257 Å².